The first-order chi connectivity index (χ1) is 19.8. The summed E-state index contributed by atoms with van der Waals surface area (Å²) in [5.74, 6) is -8.05. The molecule has 2 heterocycles. The number of nitrogens with two attached hydrogens (primary N) is 1. The zero-order chi connectivity index (χ0) is 30.4. The minimum Gasteiger partial charge on any atom is -0.503 e. The van der Waals surface area contributed by atoms with Gasteiger partial charge in [0.1, 0.15) is 5.82 Å². The first kappa shape index (κ1) is 28.2. The second kappa shape index (κ2) is 9.53. The first-order valence-corrected chi connectivity index (χ1v) is 13.9. The number of rotatable bonds is 3. The molecule has 0 radical (unpaired) electrons. The van der Waals surface area contributed by atoms with Gasteiger partial charge in [-0.15, -0.1) is 0 Å². The van der Waals surface area contributed by atoms with E-state index in [1.54, 1.807) is 13.0 Å². The number of fused-ring (bicyclic) bond motifs is 4. The molecule has 2 aromatic rings. The zero-order valence-electron chi connectivity index (χ0n) is 22.3. The van der Waals surface area contributed by atoms with Crippen molar-refractivity contribution in [3.8, 4) is 11.5 Å². The minimum atomic E-state index is -1.44. The lowest BCUT2D eigenvalue weighted by molar-refractivity contribution is -0.136. The lowest BCUT2D eigenvalue weighted by Gasteiger charge is -2.49. The highest BCUT2D eigenvalue weighted by Crippen LogP contribution is 2.64. The van der Waals surface area contributed by atoms with E-state index < -0.39 is 70.5 Å². The van der Waals surface area contributed by atoms with Gasteiger partial charge in [-0.05, 0) is 61.6 Å². The van der Waals surface area contributed by atoms with Gasteiger partial charge in [0, 0.05) is 5.92 Å². The smallest absolute Gasteiger partial charge is 0.328 e. The largest absolute Gasteiger partial charge is 0.503 e. The van der Waals surface area contributed by atoms with Crippen LogP contribution in [0.2, 0.25) is 10.0 Å². The van der Waals surface area contributed by atoms with E-state index in [0.29, 0.717) is 16.0 Å². The number of ether oxygens (including phenoxy) is 1. The number of nitrogens with zero attached hydrogens (tertiary/aromatic N) is 2. The second-order valence-corrected chi connectivity index (χ2v) is 12.0. The average molecular weight is 616 g/mol. The highest BCUT2D eigenvalue weighted by Gasteiger charge is 2.68. The van der Waals surface area contributed by atoms with E-state index in [1.807, 2.05) is 0 Å². The van der Waals surface area contributed by atoms with Crippen LogP contribution in [-0.4, -0.2) is 46.8 Å². The number of amides is 6. The summed E-state index contributed by atoms with van der Waals surface area (Å²) in [6.07, 6.45) is 1.89. The van der Waals surface area contributed by atoms with Crippen LogP contribution in [-0.2, 0) is 19.2 Å². The third-order valence-corrected chi connectivity index (χ3v) is 9.84. The molecule has 2 saturated heterocycles. The number of likely N-dealkylation sites (tertiary alicyclic amines) is 1. The van der Waals surface area contributed by atoms with Crippen molar-refractivity contribution < 1.29 is 38.2 Å². The third-order valence-electron chi connectivity index (χ3n) is 9.26. The van der Waals surface area contributed by atoms with Gasteiger partial charge in [-0.2, -0.15) is 4.90 Å². The molecule has 13 heteroatoms. The van der Waals surface area contributed by atoms with Gasteiger partial charge in [0.2, 0.25) is 23.6 Å². The van der Waals surface area contributed by atoms with E-state index in [0.717, 1.165) is 11.0 Å². The highest BCUT2D eigenvalue weighted by atomic mass is 35.5. The lowest BCUT2D eigenvalue weighted by Crippen LogP contribution is -2.49. The molecule has 0 bridgehead atoms. The SMILES string of the molecule is COc1cc([C@H]2C3=CC[C@@H]4C(=O)N(C(N)=O)C(=O)[C@@H]4[C@@H]3C[C@H]3C(=O)N(c4ccc(F)c(Cl)c4)C(=O)[C@@]23C)cc(Cl)c1O. The summed E-state index contributed by atoms with van der Waals surface area (Å²) in [7, 11) is 1.33. The number of hydrogen-bond donors (Lipinski definition) is 2. The van der Waals surface area contributed by atoms with Crippen LogP contribution in [0.5, 0.6) is 11.5 Å². The van der Waals surface area contributed by atoms with E-state index in [4.69, 9.17) is 33.7 Å². The Bertz CT molecular complexity index is 1660. The summed E-state index contributed by atoms with van der Waals surface area (Å²) < 4.78 is 19.3. The molecule has 6 rings (SSSR count). The van der Waals surface area contributed by atoms with E-state index in [-0.39, 0.29) is 40.1 Å². The van der Waals surface area contributed by atoms with Gasteiger partial charge in [-0.1, -0.05) is 34.9 Å². The van der Waals surface area contributed by atoms with E-state index in [2.05, 4.69) is 0 Å². The zero-order valence-corrected chi connectivity index (χ0v) is 23.8. The molecule has 6 atom stereocenters. The Morgan fingerprint density at radius 2 is 1.79 bits per heavy atom. The number of phenols is 1. The van der Waals surface area contributed by atoms with Crippen molar-refractivity contribution in [3.05, 3.63) is 63.4 Å². The molecule has 6 amide bonds. The summed E-state index contributed by atoms with van der Waals surface area (Å²) in [5.41, 5.74) is 5.06. The van der Waals surface area contributed by atoms with Gasteiger partial charge >= 0.3 is 6.03 Å². The van der Waals surface area contributed by atoms with Gasteiger partial charge < -0.3 is 15.6 Å². The normalized spacial score (nSPS) is 30.2. The van der Waals surface area contributed by atoms with Crippen molar-refractivity contribution in [3.63, 3.8) is 0 Å². The maximum atomic E-state index is 14.4. The number of halogens is 3. The van der Waals surface area contributed by atoms with Crippen molar-refractivity contribution in [1.29, 1.82) is 0 Å². The Morgan fingerprint density at radius 3 is 2.43 bits per heavy atom. The molecule has 10 nitrogen and oxygen atoms in total. The van der Waals surface area contributed by atoms with Gasteiger partial charge in [0.25, 0.3) is 0 Å². The number of aromatic hydroxyl groups is 1. The van der Waals surface area contributed by atoms with Crippen LogP contribution in [0.3, 0.4) is 0 Å². The topological polar surface area (TPSA) is 147 Å². The molecule has 218 valence electrons. The molecule has 4 aliphatic rings. The quantitative estimate of drug-likeness (QED) is 0.389. The first-order valence-electron chi connectivity index (χ1n) is 13.1. The van der Waals surface area contributed by atoms with Crippen molar-refractivity contribution in [1.82, 2.24) is 4.90 Å². The van der Waals surface area contributed by atoms with Crippen LogP contribution < -0.4 is 15.4 Å². The van der Waals surface area contributed by atoms with Crippen LogP contribution in [0, 0.1) is 34.9 Å². The number of benzene rings is 2. The van der Waals surface area contributed by atoms with Gasteiger partial charge in [-0.25, -0.2) is 14.1 Å². The Labute approximate surface area is 248 Å². The molecule has 2 aromatic carbocycles. The maximum Gasteiger partial charge on any atom is 0.328 e. The number of anilines is 1. The Hall–Kier alpha value is -3.96. The van der Waals surface area contributed by atoms with Crippen LogP contribution in [0.1, 0.15) is 31.2 Å². The summed E-state index contributed by atoms with van der Waals surface area (Å²) in [6.45, 7) is 1.64. The number of carbonyl (C=O) groups excluding carboxylic acids is 5. The number of carbonyl (C=O) groups is 5. The van der Waals surface area contributed by atoms with Crippen LogP contribution in [0.25, 0.3) is 0 Å². The number of allylic oxidation sites excluding steroid dienone is 2. The van der Waals surface area contributed by atoms with Crippen LogP contribution in [0.15, 0.2) is 42.0 Å². The number of methoxy groups -OCH3 is 1. The summed E-state index contributed by atoms with van der Waals surface area (Å²) in [4.78, 5) is 68.4. The van der Waals surface area contributed by atoms with Crippen molar-refractivity contribution >= 4 is 58.5 Å². The monoisotopic (exact) mass is 615 g/mol. The molecule has 2 aliphatic heterocycles. The molecule has 0 unspecified atom stereocenters. The lowest BCUT2D eigenvalue weighted by atomic mass is 9.51. The standard InChI is InChI=1S/C29H24Cl2FN3O7/c1-29-16(25(38)34(27(29)40)12-3-6-19(32)17(30)9-12)10-15-13(22(29)11-7-18(31)23(36)20(8-11)42-2)4-5-14-21(15)26(39)35(24(14)37)28(33)41/h3-4,6-9,14-16,21-22,36H,5,10H2,1-2H3,(H2,33,41)/t14-,15+,16-,21-,22-,29+/m0/s1. The van der Waals surface area contributed by atoms with Gasteiger partial charge in [-0.3, -0.25) is 19.2 Å². The van der Waals surface area contributed by atoms with E-state index in [1.165, 1.54) is 31.4 Å². The molecular formula is C29H24Cl2FN3O7. The number of primary amides is 1. The molecule has 42 heavy (non-hydrogen) atoms. The molecule has 1 saturated carbocycles. The fourth-order valence-electron chi connectivity index (χ4n) is 7.40. The molecular weight excluding hydrogens is 592 g/mol. The summed E-state index contributed by atoms with van der Waals surface area (Å²) >= 11 is 12.4. The van der Waals surface area contributed by atoms with Crippen molar-refractivity contribution in [2.45, 2.75) is 25.7 Å². The number of phenolic OH excluding ortho intramolecular Hbond substituents is 1. The molecule has 3 fully saturated rings. The Morgan fingerprint density at radius 1 is 1.07 bits per heavy atom. The van der Waals surface area contributed by atoms with Crippen molar-refractivity contribution in [2.24, 2.45) is 34.8 Å². The molecule has 2 aliphatic carbocycles. The van der Waals surface area contributed by atoms with E-state index in [9.17, 15) is 33.5 Å². The van der Waals surface area contributed by atoms with E-state index >= 15 is 0 Å². The van der Waals surface area contributed by atoms with Gasteiger partial charge in [0.05, 0.1) is 46.0 Å². The Balaban J connectivity index is 1.56. The Kier molecular flexibility index (Phi) is 6.39. The van der Waals surface area contributed by atoms with Crippen LogP contribution >= 0.6 is 23.2 Å². The average Bonchev–Trinajstić information content (AvgIpc) is 3.31. The fraction of sp³-hybridized carbons (Fsp3) is 0.345. The number of hydrogen-bond acceptors (Lipinski definition) is 7. The third kappa shape index (κ3) is 3.65. The van der Waals surface area contributed by atoms with Gasteiger partial charge in [0.15, 0.2) is 11.5 Å². The van der Waals surface area contributed by atoms with Crippen molar-refractivity contribution in [2.75, 3.05) is 12.0 Å². The second-order valence-electron chi connectivity index (χ2n) is 11.2. The number of urea groups is 1. The summed E-state index contributed by atoms with van der Waals surface area (Å²) in [5, 5.41) is 10.1. The fourth-order valence-corrected chi connectivity index (χ4v) is 7.79. The van der Waals surface area contributed by atoms with Crippen LogP contribution in [0.4, 0.5) is 14.9 Å². The predicted octanol–water partition coefficient (Wildman–Crippen LogP) is 4.16. The molecule has 3 N–H and O–H groups in total. The number of imide groups is 4. The highest BCUT2D eigenvalue weighted by molar-refractivity contribution is 6.32. The molecule has 0 aromatic heterocycles. The minimum absolute atomic E-state index is 0.0184. The predicted molar refractivity (Wildman–Crippen MR) is 147 cm³/mol. The molecule has 0 spiro atoms. The summed E-state index contributed by atoms with van der Waals surface area (Å²) in [6, 6.07) is 5.32. The maximum absolute atomic E-state index is 14.4.